The van der Waals surface area contributed by atoms with Crippen LogP contribution >= 0.6 is 0 Å². The van der Waals surface area contributed by atoms with Crippen molar-refractivity contribution >= 4 is 5.91 Å². The van der Waals surface area contributed by atoms with Crippen molar-refractivity contribution in [1.29, 1.82) is 0 Å². The number of ether oxygens (including phenoxy) is 1. The molecule has 1 saturated heterocycles. The molecule has 1 atom stereocenters. The van der Waals surface area contributed by atoms with Crippen molar-refractivity contribution in [3.8, 4) is 5.69 Å². The van der Waals surface area contributed by atoms with Gasteiger partial charge in [0.2, 0.25) is 0 Å². The van der Waals surface area contributed by atoms with Crippen LogP contribution in [0.3, 0.4) is 0 Å². The first-order valence-corrected chi connectivity index (χ1v) is 9.28. The molecule has 1 aliphatic rings. The molecule has 0 radical (unpaired) electrons. The Labute approximate surface area is 163 Å². The van der Waals surface area contributed by atoms with Gasteiger partial charge in [-0.1, -0.05) is 42.5 Å². The molecule has 1 unspecified atom stereocenters. The van der Waals surface area contributed by atoms with E-state index < -0.39 is 0 Å². The van der Waals surface area contributed by atoms with Gasteiger partial charge in [0, 0.05) is 26.2 Å². The highest BCUT2D eigenvalue weighted by molar-refractivity contribution is 5.97. The molecule has 144 valence electrons. The molecular weight excluding hydrogens is 356 g/mol. The smallest absolute Gasteiger partial charge is 0.253 e. The Balaban J connectivity index is 1.35. The Morgan fingerprint density at radius 1 is 1.14 bits per heavy atom. The Morgan fingerprint density at radius 2 is 1.96 bits per heavy atom. The van der Waals surface area contributed by atoms with E-state index in [4.69, 9.17) is 4.74 Å². The first-order chi connectivity index (χ1) is 13.8. The summed E-state index contributed by atoms with van der Waals surface area (Å²) in [7, 11) is 0. The third kappa shape index (κ3) is 4.41. The molecule has 0 saturated carbocycles. The zero-order valence-corrected chi connectivity index (χ0v) is 15.4. The van der Waals surface area contributed by atoms with E-state index >= 15 is 0 Å². The van der Waals surface area contributed by atoms with Crippen molar-refractivity contribution in [2.24, 2.45) is 0 Å². The molecule has 8 nitrogen and oxygen atoms in total. The molecule has 0 aliphatic carbocycles. The Morgan fingerprint density at radius 3 is 2.79 bits per heavy atom. The van der Waals surface area contributed by atoms with E-state index in [2.05, 4.69) is 50.0 Å². The quantitative estimate of drug-likeness (QED) is 0.696. The fourth-order valence-electron chi connectivity index (χ4n) is 3.33. The van der Waals surface area contributed by atoms with Gasteiger partial charge < -0.3 is 10.1 Å². The van der Waals surface area contributed by atoms with Crippen LogP contribution in [0.5, 0.6) is 0 Å². The van der Waals surface area contributed by atoms with Gasteiger partial charge in [-0.2, -0.15) is 4.68 Å². The predicted octanol–water partition coefficient (Wildman–Crippen LogP) is 1.29. The predicted molar refractivity (Wildman–Crippen MR) is 103 cm³/mol. The molecule has 1 amide bonds. The third-order valence-electron chi connectivity index (χ3n) is 4.71. The summed E-state index contributed by atoms with van der Waals surface area (Å²) in [6.07, 6.45) is 1.43. The summed E-state index contributed by atoms with van der Waals surface area (Å²) in [6.45, 7) is 3.67. The minimum Gasteiger partial charge on any atom is -0.374 e. The maximum absolute atomic E-state index is 12.7. The molecule has 1 aliphatic heterocycles. The van der Waals surface area contributed by atoms with Gasteiger partial charge in [0.1, 0.15) is 6.33 Å². The average Bonchev–Trinajstić information content (AvgIpc) is 3.28. The van der Waals surface area contributed by atoms with Crippen molar-refractivity contribution in [3.05, 3.63) is 72.1 Å². The number of nitrogens with zero attached hydrogens (tertiary/aromatic N) is 5. The van der Waals surface area contributed by atoms with Crippen molar-refractivity contribution in [2.75, 3.05) is 26.2 Å². The second-order valence-corrected chi connectivity index (χ2v) is 6.70. The zero-order chi connectivity index (χ0) is 19.2. The molecule has 4 rings (SSSR count). The number of aromatic nitrogens is 4. The van der Waals surface area contributed by atoms with Crippen LogP contribution < -0.4 is 5.32 Å². The minimum atomic E-state index is -0.171. The van der Waals surface area contributed by atoms with Gasteiger partial charge in [-0.3, -0.25) is 9.69 Å². The number of rotatable bonds is 6. The largest absolute Gasteiger partial charge is 0.374 e. The number of para-hydroxylation sites is 1. The molecule has 2 heterocycles. The second-order valence-electron chi connectivity index (χ2n) is 6.70. The summed E-state index contributed by atoms with van der Waals surface area (Å²) >= 11 is 0. The van der Waals surface area contributed by atoms with E-state index in [0.29, 0.717) is 24.4 Å². The SMILES string of the molecule is O=C(NCC1CN(Cc2ccccc2)CCO1)c1ccccc1-n1cnnn1. The van der Waals surface area contributed by atoms with Crippen molar-refractivity contribution in [1.82, 2.24) is 30.4 Å². The number of amides is 1. The maximum Gasteiger partial charge on any atom is 0.253 e. The van der Waals surface area contributed by atoms with Gasteiger partial charge in [0.05, 0.1) is 24.0 Å². The summed E-state index contributed by atoms with van der Waals surface area (Å²) in [6, 6.07) is 17.6. The summed E-state index contributed by atoms with van der Waals surface area (Å²) in [4.78, 5) is 15.1. The Kier molecular flexibility index (Phi) is 5.69. The van der Waals surface area contributed by atoms with Crippen LogP contribution in [0.25, 0.3) is 5.69 Å². The van der Waals surface area contributed by atoms with E-state index in [1.807, 2.05) is 24.3 Å². The van der Waals surface area contributed by atoms with Crippen LogP contribution in [0.15, 0.2) is 60.9 Å². The minimum absolute atomic E-state index is 0.0402. The van der Waals surface area contributed by atoms with Gasteiger partial charge in [-0.05, 0) is 28.1 Å². The van der Waals surface area contributed by atoms with E-state index in [9.17, 15) is 4.79 Å². The van der Waals surface area contributed by atoms with Gasteiger partial charge >= 0.3 is 0 Å². The van der Waals surface area contributed by atoms with Crippen LogP contribution in [0.4, 0.5) is 0 Å². The lowest BCUT2D eigenvalue weighted by molar-refractivity contribution is -0.0292. The molecule has 1 fully saturated rings. The van der Waals surface area contributed by atoms with E-state index in [1.54, 1.807) is 6.07 Å². The molecule has 28 heavy (non-hydrogen) atoms. The number of hydrogen-bond donors (Lipinski definition) is 1. The summed E-state index contributed by atoms with van der Waals surface area (Å²) in [5.74, 6) is -0.171. The lowest BCUT2D eigenvalue weighted by Gasteiger charge is -2.33. The molecule has 2 aromatic carbocycles. The number of tetrazole rings is 1. The van der Waals surface area contributed by atoms with Crippen LogP contribution in [-0.2, 0) is 11.3 Å². The topological polar surface area (TPSA) is 85.2 Å². The maximum atomic E-state index is 12.7. The molecule has 0 bridgehead atoms. The first-order valence-electron chi connectivity index (χ1n) is 9.28. The average molecular weight is 378 g/mol. The monoisotopic (exact) mass is 378 g/mol. The Bertz CT molecular complexity index is 900. The number of nitrogens with one attached hydrogen (secondary N) is 1. The highest BCUT2D eigenvalue weighted by Crippen LogP contribution is 2.13. The van der Waals surface area contributed by atoms with E-state index in [0.717, 1.165) is 19.6 Å². The standard InChI is InChI=1S/C20H22N6O2/c27-20(18-8-4-5-9-19(18)26-15-22-23-24-26)21-12-17-14-25(10-11-28-17)13-16-6-2-1-3-7-16/h1-9,15,17H,10-14H2,(H,21,27). The number of carbonyl (C=O) groups is 1. The highest BCUT2D eigenvalue weighted by atomic mass is 16.5. The van der Waals surface area contributed by atoms with Crippen molar-refractivity contribution in [3.63, 3.8) is 0 Å². The zero-order valence-electron chi connectivity index (χ0n) is 15.4. The van der Waals surface area contributed by atoms with Crippen molar-refractivity contribution < 1.29 is 9.53 Å². The molecule has 0 spiro atoms. The summed E-state index contributed by atoms with van der Waals surface area (Å²) in [5, 5.41) is 14.1. The normalized spacial score (nSPS) is 17.4. The van der Waals surface area contributed by atoms with Gasteiger partial charge in [0.15, 0.2) is 0 Å². The van der Waals surface area contributed by atoms with Crippen LogP contribution in [-0.4, -0.2) is 63.4 Å². The lowest BCUT2D eigenvalue weighted by atomic mass is 10.1. The fourth-order valence-corrected chi connectivity index (χ4v) is 3.33. The number of hydrogen-bond acceptors (Lipinski definition) is 6. The van der Waals surface area contributed by atoms with E-state index in [1.165, 1.54) is 16.6 Å². The molecular formula is C20H22N6O2. The number of carbonyl (C=O) groups excluding carboxylic acids is 1. The fraction of sp³-hybridized carbons (Fsp3) is 0.300. The summed E-state index contributed by atoms with van der Waals surface area (Å²) in [5.41, 5.74) is 2.44. The van der Waals surface area contributed by atoms with Crippen LogP contribution in [0.1, 0.15) is 15.9 Å². The van der Waals surface area contributed by atoms with E-state index in [-0.39, 0.29) is 12.0 Å². The molecule has 8 heteroatoms. The highest BCUT2D eigenvalue weighted by Gasteiger charge is 2.22. The van der Waals surface area contributed by atoms with Crippen LogP contribution in [0, 0.1) is 0 Å². The van der Waals surface area contributed by atoms with Crippen LogP contribution in [0.2, 0.25) is 0 Å². The van der Waals surface area contributed by atoms with Crippen molar-refractivity contribution in [2.45, 2.75) is 12.6 Å². The summed E-state index contributed by atoms with van der Waals surface area (Å²) < 4.78 is 7.32. The molecule has 1 aromatic heterocycles. The first kappa shape index (κ1) is 18.3. The number of benzene rings is 2. The lowest BCUT2D eigenvalue weighted by Crippen LogP contribution is -2.47. The van der Waals surface area contributed by atoms with Gasteiger partial charge in [-0.25, -0.2) is 0 Å². The third-order valence-corrected chi connectivity index (χ3v) is 4.71. The van der Waals surface area contributed by atoms with Gasteiger partial charge in [0.25, 0.3) is 5.91 Å². The Hall–Kier alpha value is -3.10. The molecule has 3 aromatic rings. The number of morpholine rings is 1. The second kappa shape index (κ2) is 8.73. The molecule has 1 N–H and O–H groups in total. The van der Waals surface area contributed by atoms with Gasteiger partial charge in [-0.15, -0.1) is 5.10 Å².